The number of benzene rings is 1. The zero-order valence-corrected chi connectivity index (χ0v) is 10.6. The number of methoxy groups -OCH3 is 1. The summed E-state index contributed by atoms with van der Waals surface area (Å²) in [6.45, 7) is 4.47. The van der Waals surface area contributed by atoms with E-state index in [1.165, 1.54) is 12.0 Å². The highest BCUT2D eigenvalue weighted by atomic mass is 16.5. The van der Waals surface area contributed by atoms with Crippen LogP contribution < -0.4 is 10.5 Å². The Morgan fingerprint density at radius 1 is 1.25 bits per heavy atom. The molecule has 0 heterocycles. The summed E-state index contributed by atoms with van der Waals surface area (Å²) < 4.78 is 5.19. The Labute approximate surface area is 98.8 Å². The molecule has 0 aliphatic carbocycles. The molecule has 90 valence electrons. The fourth-order valence-corrected chi connectivity index (χ4v) is 1.75. The van der Waals surface area contributed by atoms with Gasteiger partial charge in [-0.1, -0.05) is 26.0 Å². The molecule has 2 nitrogen and oxygen atoms in total. The van der Waals surface area contributed by atoms with E-state index in [1.807, 2.05) is 12.1 Å². The van der Waals surface area contributed by atoms with Crippen molar-refractivity contribution in [2.75, 3.05) is 7.11 Å². The average Bonchev–Trinajstić information content (AvgIpc) is 2.26. The highest BCUT2D eigenvalue weighted by Gasteiger charge is 2.06. The summed E-state index contributed by atoms with van der Waals surface area (Å²) in [5, 5.41) is 0. The monoisotopic (exact) mass is 221 g/mol. The zero-order chi connectivity index (χ0) is 12.0. The van der Waals surface area contributed by atoms with Gasteiger partial charge in [-0.2, -0.15) is 0 Å². The van der Waals surface area contributed by atoms with Gasteiger partial charge in [0, 0.05) is 6.04 Å². The summed E-state index contributed by atoms with van der Waals surface area (Å²) in [4.78, 5) is 0. The van der Waals surface area contributed by atoms with Crippen molar-refractivity contribution in [3.63, 3.8) is 0 Å². The second-order valence-corrected chi connectivity index (χ2v) is 4.79. The first-order valence-corrected chi connectivity index (χ1v) is 6.00. The van der Waals surface area contributed by atoms with Gasteiger partial charge in [0.25, 0.3) is 0 Å². The molecule has 0 radical (unpaired) electrons. The van der Waals surface area contributed by atoms with Gasteiger partial charge in [-0.05, 0) is 42.9 Å². The van der Waals surface area contributed by atoms with Crippen LogP contribution in [0.5, 0.6) is 5.75 Å². The number of rotatable bonds is 6. The van der Waals surface area contributed by atoms with Crippen LogP contribution in [0.1, 0.15) is 32.3 Å². The molecule has 0 bridgehead atoms. The average molecular weight is 221 g/mol. The van der Waals surface area contributed by atoms with Gasteiger partial charge in [0.2, 0.25) is 0 Å². The van der Waals surface area contributed by atoms with Crippen LogP contribution in [-0.2, 0) is 6.42 Å². The first-order chi connectivity index (χ1) is 7.61. The molecule has 1 aromatic carbocycles. The van der Waals surface area contributed by atoms with Crippen LogP contribution in [0.4, 0.5) is 0 Å². The zero-order valence-electron chi connectivity index (χ0n) is 10.6. The maximum absolute atomic E-state index is 6.10. The standard InChI is InChI=1S/C14H23NO/c1-11(2)7-8-13(15)9-12-5-4-6-14(10-12)16-3/h4-6,10-11,13H,7-9,15H2,1-3H3. The van der Waals surface area contributed by atoms with Gasteiger partial charge in [0.15, 0.2) is 0 Å². The van der Waals surface area contributed by atoms with E-state index in [0.717, 1.165) is 24.5 Å². The SMILES string of the molecule is COc1cccc(CC(N)CCC(C)C)c1. The van der Waals surface area contributed by atoms with Gasteiger partial charge in [-0.3, -0.25) is 0 Å². The Kier molecular flexibility index (Phi) is 5.33. The van der Waals surface area contributed by atoms with Crippen LogP contribution in [-0.4, -0.2) is 13.2 Å². The van der Waals surface area contributed by atoms with Crippen molar-refractivity contribution in [1.29, 1.82) is 0 Å². The predicted octanol–water partition coefficient (Wildman–Crippen LogP) is 3.00. The highest BCUT2D eigenvalue weighted by molar-refractivity contribution is 5.28. The molecule has 16 heavy (non-hydrogen) atoms. The second kappa shape index (κ2) is 6.54. The third-order valence-corrected chi connectivity index (χ3v) is 2.75. The molecule has 0 aromatic heterocycles. The fraction of sp³-hybridized carbons (Fsp3) is 0.571. The van der Waals surface area contributed by atoms with Crippen molar-refractivity contribution in [3.05, 3.63) is 29.8 Å². The minimum atomic E-state index is 0.259. The Bertz CT molecular complexity index is 309. The third kappa shape index (κ3) is 4.67. The van der Waals surface area contributed by atoms with Crippen molar-refractivity contribution in [2.24, 2.45) is 11.7 Å². The normalized spacial score (nSPS) is 12.8. The number of ether oxygens (including phenoxy) is 1. The van der Waals surface area contributed by atoms with E-state index in [-0.39, 0.29) is 6.04 Å². The summed E-state index contributed by atoms with van der Waals surface area (Å²) in [6.07, 6.45) is 3.23. The van der Waals surface area contributed by atoms with E-state index in [9.17, 15) is 0 Å². The molecule has 0 saturated carbocycles. The summed E-state index contributed by atoms with van der Waals surface area (Å²) in [6, 6.07) is 8.41. The van der Waals surface area contributed by atoms with E-state index < -0.39 is 0 Å². The largest absolute Gasteiger partial charge is 0.497 e. The lowest BCUT2D eigenvalue weighted by atomic mass is 9.98. The van der Waals surface area contributed by atoms with Gasteiger partial charge >= 0.3 is 0 Å². The van der Waals surface area contributed by atoms with Gasteiger partial charge in [-0.15, -0.1) is 0 Å². The topological polar surface area (TPSA) is 35.2 Å². The molecule has 0 saturated heterocycles. The molecule has 0 spiro atoms. The second-order valence-electron chi connectivity index (χ2n) is 4.79. The smallest absolute Gasteiger partial charge is 0.119 e. The van der Waals surface area contributed by atoms with Crippen molar-refractivity contribution < 1.29 is 4.74 Å². The minimum absolute atomic E-state index is 0.259. The van der Waals surface area contributed by atoms with Crippen molar-refractivity contribution in [3.8, 4) is 5.75 Å². The van der Waals surface area contributed by atoms with Gasteiger partial charge in [0.1, 0.15) is 5.75 Å². The molecular weight excluding hydrogens is 198 g/mol. The fourth-order valence-electron chi connectivity index (χ4n) is 1.75. The van der Waals surface area contributed by atoms with Gasteiger partial charge in [0.05, 0.1) is 7.11 Å². The summed E-state index contributed by atoms with van der Waals surface area (Å²) in [5.74, 6) is 1.64. The van der Waals surface area contributed by atoms with Crippen LogP contribution in [0.2, 0.25) is 0 Å². The van der Waals surface area contributed by atoms with E-state index in [2.05, 4.69) is 26.0 Å². The summed E-state index contributed by atoms with van der Waals surface area (Å²) in [7, 11) is 1.69. The van der Waals surface area contributed by atoms with Crippen molar-refractivity contribution in [1.82, 2.24) is 0 Å². The van der Waals surface area contributed by atoms with Crippen LogP contribution in [0.3, 0.4) is 0 Å². The van der Waals surface area contributed by atoms with Crippen LogP contribution in [0.25, 0.3) is 0 Å². The van der Waals surface area contributed by atoms with E-state index >= 15 is 0 Å². The van der Waals surface area contributed by atoms with Gasteiger partial charge in [-0.25, -0.2) is 0 Å². The lowest BCUT2D eigenvalue weighted by Crippen LogP contribution is -2.23. The van der Waals surface area contributed by atoms with E-state index in [1.54, 1.807) is 7.11 Å². The molecule has 0 fully saturated rings. The molecule has 1 unspecified atom stereocenters. The third-order valence-electron chi connectivity index (χ3n) is 2.75. The van der Waals surface area contributed by atoms with Crippen molar-refractivity contribution in [2.45, 2.75) is 39.2 Å². The molecule has 1 aromatic rings. The quantitative estimate of drug-likeness (QED) is 0.801. The molecule has 2 N–H and O–H groups in total. The predicted molar refractivity (Wildman–Crippen MR) is 68.7 cm³/mol. The van der Waals surface area contributed by atoms with Crippen molar-refractivity contribution >= 4 is 0 Å². The Morgan fingerprint density at radius 3 is 2.62 bits per heavy atom. The maximum Gasteiger partial charge on any atom is 0.119 e. The van der Waals surface area contributed by atoms with Crippen LogP contribution in [0.15, 0.2) is 24.3 Å². The summed E-state index contributed by atoms with van der Waals surface area (Å²) in [5.41, 5.74) is 7.36. The first-order valence-electron chi connectivity index (χ1n) is 6.00. The van der Waals surface area contributed by atoms with Crippen LogP contribution in [0, 0.1) is 5.92 Å². The van der Waals surface area contributed by atoms with Crippen LogP contribution >= 0.6 is 0 Å². The summed E-state index contributed by atoms with van der Waals surface area (Å²) >= 11 is 0. The lowest BCUT2D eigenvalue weighted by molar-refractivity contribution is 0.414. The van der Waals surface area contributed by atoms with Gasteiger partial charge < -0.3 is 10.5 Å². The molecule has 0 amide bonds. The Balaban J connectivity index is 2.45. The minimum Gasteiger partial charge on any atom is -0.497 e. The number of hydrogen-bond acceptors (Lipinski definition) is 2. The molecule has 0 aliphatic heterocycles. The maximum atomic E-state index is 6.10. The highest BCUT2D eigenvalue weighted by Crippen LogP contribution is 2.15. The Hall–Kier alpha value is -1.02. The molecule has 1 atom stereocenters. The number of hydrogen-bond donors (Lipinski definition) is 1. The molecular formula is C14H23NO. The molecule has 0 aliphatic rings. The number of nitrogens with two attached hydrogens (primary N) is 1. The van der Waals surface area contributed by atoms with E-state index in [4.69, 9.17) is 10.5 Å². The Morgan fingerprint density at radius 2 is 2.00 bits per heavy atom. The molecule has 1 rings (SSSR count). The molecule has 2 heteroatoms. The van der Waals surface area contributed by atoms with E-state index in [0.29, 0.717) is 0 Å². The lowest BCUT2D eigenvalue weighted by Gasteiger charge is -2.13. The first kappa shape index (κ1) is 13.0.